The molecule has 0 aromatic rings. The zero-order valence-corrected chi connectivity index (χ0v) is 17.6. The smallest absolute Gasteiger partial charge is 0.164 e. The van der Waals surface area contributed by atoms with Gasteiger partial charge in [0.05, 0.1) is 11.7 Å². The average Bonchev–Trinajstić information content (AvgIpc) is 2.81. The van der Waals surface area contributed by atoms with Crippen LogP contribution in [-0.4, -0.2) is 28.7 Å². The molecule has 2 saturated carbocycles. The van der Waals surface area contributed by atoms with E-state index in [9.17, 15) is 5.11 Å². The summed E-state index contributed by atoms with van der Waals surface area (Å²) in [4.78, 5) is 0. The molecule has 3 aliphatic rings. The summed E-state index contributed by atoms with van der Waals surface area (Å²) in [5.74, 6) is 0.200. The number of ether oxygens (including phenoxy) is 2. The van der Waals surface area contributed by atoms with Crippen LogP contribution in [0.4, 0.5) is 0 Å². The quantitative estimate of drug-likeness (QED) is 0.695. The van der Waals surface area contributed by atoms with E-state index in [2.05, 4.69) is 33.9 Å². The molecule has 3 nitrogen and oxygen atoms in total. The van der Waals surface area contributed by atoms with Crippen LogP contribution in [0.2, 0.25) is 0 Å². The molecule has 0 unspecified atom stereocenters. The first-order chi connectivity index (χ1) is 11.8. The van der Waals surface area contributed by atoms with Crippen molar-refractivity contribution in [2.75, 3.05) is 0 Å². The Morgan fingerprint density at radius 1 is 1.19 bits per heavy atom. The molecule has 26 heavy (non-hydrogen) atoms. The predicted octanol–water partition coefficient (Wildman–Crippen LogP) is 5.24. The fourth-order valence-corrected chi connectivity index (χ4v) is 6.33. The monoisotopic (exact) mass is 362 g/mol. The first-order valence-corrected chi connectivity index (χ1v) is 10.2. The lowest BCUT2D eigenvalue weighted by Gasteiger charge is -2.60. The Kier molecular flexibility index (Phi) is 4.78. The number of aliphatic hydroxyl groups is 1. The molecule has 2 aliphatic carbocycles. The Morgan fingerprint density at radius 3 is 2.46 bits per heavy atom. The van der Waals surface area contributed by atoms with E-state index in [-0.39, 0.29) is 23.0 Å². The van der Waals surface area contributed by atoms with E-state index in [4.69, 9.17) is 9.47 Å². The van der Waals surface area contributed by atoms with Crippen LogP contribution in [0.5, 0.6) is 0 Å². The number of fused-ring (bicyclic) bond motifs is 3. The zero-order valence-electron chi connectivity index (χ0n) is 17.6. The van der Waals surface area contributed by atoms with E-state index in [1.54, 1.807) is 6.08 Å². The van der Waals surface area contributed by atoms with Crippen molar-refractivity contribution in [3.05, 3.63) is 24.8 Å². The lowest BCUT2D eigenvalue weighted by molar-refractivity contribution is -0.171. The van der Waals surface area contributed by atoms with Gasteiger partial charge in [0.15, 0.2) is 5.79 Å². The third kappa shape index (κ3) is 3.21. The van der Waals surface area contributed by atoms with Crippen LogP contribution >= 0.6 is 0 Å². The first-order valence-electron chi connectivity index (χ1n) is 10.2. The highest BCUT2D eigenvalue weighted by Gasteiger charge is 2.63. The Balaban J connectivity index is 1.99. The molecule has 148 valence electrons. The number of hydrogen-bond acceptors (Lipinski definition) is 3. The van der Waals surface area contributed by atoms with E-state index in [1.807, 2.05) is 20.8 Å². The minimum atomic E-state index is -0.834. The molecule has 0 spiro atoms. The van der Waals surface area contributed by atoms with E-state index in [0.29, 0.717) is 18.3 Å². The molecule has 3 heteroatoms. The van der Waals surface area contributed by atoms with Crippen molar-refractivity contribution in [3.8, 4) is 0 Å². The molecule has 1 saturated heterocycles. The van der Waals surface area contributed by atoms with E-state index >= 15 is 0 Å². The minimum absolute atomic E-state index is 0.0425. The standard InChI is InChI=1S/C23H38O3/c1-9-22(7,24)14-11-16-15(2)17-18(26-21(5,6)25-17)19-20(3,4)12-10-13-23(16,19)8/h9,16-19,24H,1-2,10-14H2,3-8H3/t16-,17+,18-,19-,22+,23+/m0/s1. The Bertz CT molecular complexity index is 588. The maximum absolute atomic E-state index is 10.5. The third-order valence-corrected chi connectivity index (χ3v) is 7.53. The van der Waals surface area contributed by atoms with Gasteiger partial charge in [0.25, 0.3) is 0 Å². The Hall–Kier alpha value is -0.640. The highest BCUT2D eigenvalue weighted by molar-refractivity contribution is 5.25. The molecule has 6 atom stereocenters. The summed E-state index contributed by atoms with van der Waals surface area (Å²) in [5, 5.41) is 10.5. The molecule has 1 aliphatic heterocycles. The Labute approximate surface area is 159 Å². The summed E-state index contributed by atoms with van der Waals surface area (Å²) in [5.41, 5.74) is 0.664. The largest absolute Gasteiger partial charge is 0.386 e. The second-order valence-electron chi connectivity index (χ2n) is 10.6. The molecule has 0 aromatic heterocycles. The van der Waals surface area contributed by atoms with Gasteiger partial charge in [0.2, 0.25) is 0 Å². The van der Waals surface area contributed by atoms with Crippen LogP contribution < -0.4 is 0 Å². The van der Waals surface area contributed by atoms with E-state index in [1.165, 1.54) is 19.3 Å². The van der Waals surface area contributed by atoms with Crippen LogP contribution in [0, 0.1) is 22.7 Å². The lowest BCUT2D eigenvalue weighted by Crippen LogP contribution is -2.59. The van der Waals surface area contributed by atoms with Gasteiger partial charge in [-0.25, -0.2) is 0 Å². The van der Waals surface area contributed by atoms with Crippen molar-refractivity contribution < 1.29 is 14.6 Å². The van der Waals surface area contributed by atoms with Crippen molar-refractivity contribution in [1.82, 2.24) is 0 Å². The van der Waals surface area contributed by atoms with Crippen molar-refractivity contribution in [2.45, 2.75) is 97.2 Å². The van der Waals surface area contributed by atoms with Crippen LogP contribution in [0.25, 0.3) is 0 Å². The molecule has 0 radical (unpaired) electrons. The predicted molar refractivity (Wildman–Crippen MR) is 106 cm³/mol. The second kappa shape index (κ2) is 6.18. The number of hydrogen-bond donors (Lipinski definition) is 1. The number of rotatable bonds is 4. The summed E-state index contributed by atoms with van der Waals surface area (Å²) < 4.78 is 12.8. The van der Waals surface area contributed by atoms with Gasteiger partial charge in [-0.3, -0.25) is 0 Å². The lowest BCUT2D eigenvalue weighted by atomic mass is 9.45. The summed E-state index contributed by atoms with van der Waals surface area (Å²) in [6, 6.07) is 0. The molecule has 3 fully saturated rings. The van der Waals surface area contributed by atoms with Gasteiger partial charge in [-0.05, 0) is 74.7 Å². The SMILES string of the molecule is C=C[C@@](C)(O)CC[C@H]1C(=C)[C@H]2OC(C)(C)O[C@@H]2[C@H]2C(C)(C)CCC[C@]12C. The molecule has 0 bridgehead atoms. The molecule has 0 aromatic carbocycles. The molecule has 3 rings (SSSR count). The van der Waals surface area contributed by atoms with Gasteiger partial charge in [-0.15, -0.1) is 6.58 Å². The van der Waals surface area contributed by atoms with Gasteiger partial charge >= 0.3 is 0 Å². The maximum Gasteiger partial charge on any atom is 0.164 e. The molecule has 0 amide bonds. The van der Waals surface area contributed by atoms with Crippen LogP contribution in [-0.2, 0) is 9.47 Å². The van der Waals surface area contributed by atoms with Crippen molar-refractivity contribution in [1.29, 1.82) is 0 Å². The highest BCUT2D eigenvalue weighted by atomic mass is 16.8. The van der Waals surface area contributed by atoms with Crippen LogP contribution in [0.3, 0.4) is 0 Å². The summed E-state index contributed by atoms with van der Waals surface area (Å²) in [6.45, 7) is 21.4. The van der Waals surface area contributed by atoms with E-state index in [0.717, 1.165) is 12.0 Å². The van der Waals surface area contributed by atoms with Crippen molar-refractivity contribution in [2.24, 2.45) is 22.7 Å². The molecular formula is C23H38O3. The molecular weight excluding hydrogens is 324 g/mol. The van der Waals surface area contributed by atoms with E-state index < -0.39 is 11.4 Å². The molecule has 1 N–H and O–H groups in total. The second-order valence-corrected chi connectivity index (χ2v) is 10.6. The van der Waals surface area contributed by atoms with Gasteiger partial charge in [-0.2, -0.15) is 0 Å². The summed E-state index contributed by atoms with van der Waals surface area (Å²) in [6.07, 6.45) is 6.96. The third-order valence-electron chi connectivity index (χ3n) is 7.53. The highest BCUT2D eigenvalue weighted by Crippen LogP contribution is 2.64. The van der Waals surface area contributed by atoms with Crippen LogP contribution in [0.15, 0.2) is 24.8 Å². The normalized spacial score (nSPS) is 43.3. The minimum Gasteiger partial charge on any atom is -0.386 e. The van der Waals surface area contributed by atoms with Gasteiger partial charge in [-0.1, -0.05) is 39.8 Å². The van der Waals surface area contributed by atoms with Crippen LogP contribution in [0.1, 0.15) is 73.6 Å². The van der Waals surface area contributed by atoms with Gasteiger partial charge < -0.3 is 14.6 Å². The maximum atomic E-state index is 10.5. The van der Waals surface area contributed by atoms with Gasteiger partial charge in [0.1, 0.15) is 6.10 Å². The first kappa shape index (κ1) is 20.1. The van der Waals surface area contributed by atoms with Crippen molar-refractivity contribution in [3.63, 3.8) is 0 Å². The summed E-state index contributed by atoms with van der Waals surface area (Å²) >= 11 is 0. The Morgan fingerprint density at radius 2 is 1.85 bits per heavy atom. The van der Waals surface area contributed by atoms with Crippen molar-refractivity contribution >= 4 is 0 Å². The topological polar surface area (TPSA) is 38.7 Å². The fraction of sp³-hybridized carbons (Fsp3) is 0.826. The average molecular weight is 363 g/mol. The zero-order chi connectivity index (χ0) is 19.5. The molecule has 1 heterocycles. The van der Waals surface area contributed by atoms with Gasteiger partial charge in [0, 0.05) is 0 Å². The fourth-order valence-electron chi connectivity index (χ4n) is 6.33. The summed E-state index contributed by atoms with van der Waals surface area (Å²) in [7, 11) is 0.